The molecule has 1 fully saturated rings. The predicted octanol–water partition coefficient (Wildman–Crippen LogP) is 3.38. The lowest BCUT2D eigenvalue weighted by Crippen LogP contribution is -2.30. The molecule has 1 aromatic rings. The van der Waals surface area contributed by atoms with E-state index < -0.39 is 0 Å². The number of nitrogens with one attached hydrogen (secondary N) is 2. The quantitative estimate of drug-likeness (QED) is 0.634. The highest BCUT2D eigenvalue weighted by Crippen LogP contribution is 2.34. The van der Waals surface area contributed by atoms with E-state index in [0.29, 0.717) is 0 Å². The lowest BCUT2D eigenvalue weighted by atomic mass is 10.00. The third-order valence-corrected chi connectivity index (χ3v) is 3.57. The number of nitro groups is 1. The van der Waals surface area contributed by atoms with Crippen molar-refractivity contribution in [3.05, 3.63) is 28.3 Å². The van der Waals surface area contributed by atoms with Gasteiger partial charge in [-0.1, -0.05) is 12.8 Å². The van der Waals surface area contributed by atoms with Gasteiger partial charge in [-0.25, -0.2) is 0 Å². The Bertz CT molecular complexity index is 454. The van der Waals surface area contributed by atoms with Crippen molar-refractivity contribution in [2.45, 2.75) is 38.1 Å². The monoisotopic (exact) mass is 249 g/mol. The molecule has 98 valence electrons. The van der Waals surface area contributed by atoms with Crippen LogP contribution in [0.3, 0.4) is 0 Å². The first-order chi connectivity index (χ1) is 8.52. The molecular formula is C13H19N3O2. The largest absolute Gasteiger partial charge is 0.388 e. The van der Waals surface area contributed by atoms with Gasteiger partial charge in [0.15, 0.2) is 0 Å². The van der Waals surface area contributed by atoms with Crippen molar-refractivity contribution in [2.24, 2.45) is 0 Å². The lowest BCUT2D eigenvalue weighted by molar-refractivity contribution is -0.384. The van der Waals surface area contributed by atoms with Gasteiger partial charge in [-0.2, -0.15) is 0 Å². The van der Waals surface area contributed by atoms with E-state index in [9.17, 15) is 10.1 Å². The van der Waals surface area contributed by atoms with E-state index in [1.807, 2.05) is 6.07 Å². The normalized spacial score (nSPS) is 17.4. The van der Waals surface area contributed by atoms with Crippen molar-refractivity contribution in [3.63, 3.8) is 0 Å². The molecule has 1 aliphatic rings. The van der Waals surface area contributed by atoms with Crippen LogP contribution in [0.15, 0.2) is 18.2 Å². The van der Waals surface area contributed by atoms with Crippen LogP contribution in [0.25, 0.3) is 0 Å². The number of nitro benzene ring substituents is 1. The molecule has 5 nitrogen and oxygen atoms in total. The highest BCUT2D eigenvalue weighted by Gasteiger charge is 2.28. The molecule has 2 rings (SSSR count). The molecule has 1 saturated carbocycles. The van der Waals surface area contributed by atoms with Gasteiger partial charge in [0.25, 0.3) is 5.69 Å². The number of rotatable bonds is 4. The average molecular weight is 249 g/mol. The Morgan fingerprint density at radius 2 is 1.83 bits per heavy atom. The van der Waals surface area contributed by atoms with Crippen molar-refractivity contribution in [1.82, 2.24) is 0 Å². The summed E-state index contributed by atoms with van der Waals surface area (Å²) in [7, 11) is 1.76. The Morgan fingerprint density at radius 1 is 1.22 bits per heavy atom. The van der Waals surface area contributed by atoms with Crippen LogP contribution in [0, 0.1) is 10.1 Å². The summed E-state index contributed by atoms with van der Waals surface area (Å²) in [5, 5.41) is 17.3. The summed E-state index contributed by atoms with van der Waals surface area (Å²) >= 11 is 0. The van der Waals surface area contributed by atoms with Gasteiger partial charge in [-0.3, -0.25) is 10.1 Å². The zero-order valence-corrected chi connectivity index (χ0v) is 10.8. The number of non-ortho nitro benzene ring substituents is 1. The van der Waals surface area contributed by atoms with E-state index in [4.69, 9.17) is 0 Å². The van der Waals surface area contributed by atoms with Crippen LogP contribution in [-0.2, 0) is 0 Å². The van der Waals surface area contributed by atoms with Crippen LogP contribution in [0.2, 0.25) is 0 Å². The number of hydrogen-bond acceptors (Lipinski definition) is 4. The van der Waals surface area contributed by atoms with Crippen molar-refractivity contribution >= 4 is 17.1 Å². The van der Waals surface area contributed by atoms with E-state index in [1.54, 1.807) is 19.2 Å². The molecule has 0 amide bonds. The maximum Gasteiger partial charge on any atom is 0.273 e. The van der Waals surface area contributed by atoms with Gasteiger partial charge in [0.05, 0.1) is 4.92 Å². The average Bonchev–Trinajstić information content (AvgIpc) is 2.75. The van der Waals surface area contributed by atoms with Crippen molar-refractivity contribution in [1.29, 1.82) is 0 Å². The van der Waals surface area contributed by atoms with Crippen LogP contribution in [0.4, 0.5) is 17.1 Å². The summed E-state index contributed by atoms with van der Waals surface area (Å²) < 4.78 is 0. The first-order valence-electron chi connectivity index (χ1n) is 6.28. The standard InChI is InChI=1S/C13H19N3O2/c1-13(5-3-4-6-13)15-11-7-10(14-2)8-12(9-11)16(17)18/h7-9,14-15H,3-6H2,1-2H3. The molecule has 0 radical (unpaired) electrons. The third-order valence-electron chi connectivity index (χ3n) is 3.57. The minimum atomic E-state index is -0.358. The molecule has 0 heterocycles. The number of benzene rings is 1. The van der Waals surface area contributed by atoms with Gasteiger partial charge < -0.3 is 10.6 Å². The molecule has 0 bridgehead atoms. The number of anilines is 2. The Balaban J connectivity index is 2.26. The fourth-order valence-corrected chi connectivity index (χ4v) is 2.56. The summed E-state index contributed by atoms with van der Waals surface area (Å²) in [6, 6.07) is 5.06. The van der Waals surface area contributed by atoms with Crippen LogP contribution in [-0.4, -0.2) is 17.5 Å². The molecule has 1 aromatic carbocycles. The van der Waals surface area contributed by atoms with Gasteiger partial charge in [0.2, 0.25) is 0 Å². The maximum atomic E-state index is 10.9. The lowest BCUT2D eigenvalue weighted by Gasteiger charge is -2.26. The highest BCUT2D eigenvalue weighted by molar-refractivity contribution is 5.64. The van der Waals surface area contributed by atoms with Crippen LogP contribution in [0.1, 0.15) is 32.6 Å². The van der Waals surface area contributed by atoms with Crippen molar-refractivity contribution < 1.29 is 4.92 Å². The summed E-state index contributed by atoms with van der Waals surface area (Å²) in [6.45, 7) is 2.18. The predicted molar refractivity (Wildman–Crippen MR) is 73.1 cm³/mol. The minimum Gasteiger partial charge on any atom is -0.388 e. The molecule has 0 unspecified atom stereocenters. The first-order valence-corrected chi connectivity index (χ1v) is 6.28. The number of nitrogens with zero attached hydrogens (tertiary/aromatic N) is 1. The molecule has 0 saturated heterocycles. The Hall–Kier alpha value is -1.78. The van der Waals surface area contributed by atoms with E-state index in [-0.39, 0.29) is 16.1 Å². The summed E-state index contributed by atoms with van der Waals surface area (Å²) in [5.74, 6) is 0. The van der Waals surface area contributed by atoms with E-state index in [1.165, 1.54) is 12.8 Å². The SMILES string of the molecule is CNc1cc(NC2(C)CCCC2)cc([N+](=O)[O-])c1. The van der Waals surface area contributed by atoms with Crippen LogP contribution in [0.5, 0.6) is 0 Å². The van der Waals surface area contributed by atoms with Crippen LogP contribution < -0.4 is 10.6 Å². The first kappa shape index (κ1) is 12.7. The molecule has 1 aliphatic carbocycles. The van der Waals surface area contributed by atoms with Gasteiger partial charge in [-0.15, -0.1) is 0 Å². The van der Waals surface area contributed by atoms with E-state index >= 15 is 0 Å². The molecule has 2 N–H and O–H groups in total. The number of hydrogen-bond donors (Lipinski definition) is 2. The second-order valence-corrected chi connectivity index (χ2v) is 5.17. The Kier molecular flexibility index (Phi) is 3.41. The molecule has 0 spiro atoms. The molecular weight excluding hydrogens is 230 g/mol. The fraction of sp³-hybridized carbons (Fsp3) is 0.538. The van der Waals surface area contributed by atoms with Crippen molar-refractivity contribution in [2.75, 3.05) is 17.7 Å². The van der Waals surface area contributed by atoms with E-state index in [0.717, 1.165) is 24.2 Å². The molecule has 5 heteroatoms. The van der Waals surface area contributed by atoms with Gasteiger partial charge >= 0.3 is 0 Å². The molecule has 18 heavy (non-hydrogen) atoms. The van der Waals surface area contributed by atoms with Gasteiger partial charge in [-0.05, 0) is 25.8 Å². The Morgan fingerprint density at radius 3 is 2.39 bits per heavy atom. The zero-order valence-electron chi connectivity index (χ0n) is 10.8. The topological polar surface area (TPSA) is 67.2 Å². The van der Waals surface area contributed by atoms with Crippen LogP contribution >= 0.6 is 0 Å². The minimum absolute atomic E-state index is 0.0697. The fourth-order valence-electron chi connectivity index (χ4n) is 2.56. The summed E-state index contributed by atoms with van der Waals surface area (Å²) in [4.78, 5) is 10.5. The zero-order chi connectivity index (χ0) is 13.2. The molecule has 0 aliphatic heterocycles. The molecule has 0 atom stereocenters. The third kappa shape index (κ3) is 2.72. The summed E-state index contributed by atoms with van der Waals surface area (Å²) in [6.07, 6.45) is 4.67. The van der Waals surface area contributed by atoms with Gasteiger partial charge in [0, 0.05) is 36.1 Å². The highest BCUT2D eigenvalue weighted by atomic mass is 16.6. The maximum absolute atomic E-state index is 10.9. The second kappa shape index (κ2) is 4.84. The second-order valence-electron chi connectivity index (χ2n) is 5.17. The summed E-state index contributed by atoms with van der Waals surface area (Å²) in [5.41, 5.74) is 1.76. The van der Waals surface area contributed by atoms with E-state index in [2.05, 4.69) is 17.6 Å². The molecule has 0 aromatic heterocycles. The van der Waals surface area contributed by atoms with Gasteiger partial charge in [0.1, 0.15) is 0 Å². The Labute approximate surface area is 107 Å². The smallest absolute Gasteiger partial charge is 0.273 e. The van der Waals surface area contributed by atoms with Crippen molar-refractivity contribution in [3.8, 4) is 0 Å².